The van der Waals surface area contributed by atoms with Crippen LogP contribution in [0.1, 0.15) is 23.9 Å². The smallest absolute Gasteiger partial charge is 0.344 e. The van der Waals surface area contributed by atoms with Gasteiger partial charge in [-0.05, 0) is 12.8 Å². The maximum Gasteiger partial charge on any atom is 0.344 e. The molecule has 1 aliphatic rings. The number of rotatable bonds is 5. The quantitative estimate of drug-likeness (QED) is 0.799. The Balaban J connectivity index is 1.71. The molecule has 18 heavy (non-hydrogen) atoms. The first-order chi connectivity index (χ1) is 8.78. The molecule has 2 aromatic rings. The fourth-order valence-corrected chi connectivity index (χ4v) is 3.28. The first-order valence-corrected chi connectivity index (χ1v) is 7.38. The van der Waals surface area contributed by atoms with Crippen LogP contribution in [-0.4, -0.2) is 32.0 Å². The van der Waals surface area contributed by atoms with Crippen molar-refractivity contribution >= 4 is 28.2 Å². The Kier molecular flexibility index (Phi) is 3.08. The van der Waals surface area contributed by atoms with Crippen LogP contribution < -0.4 is 11.0 Å². The molecule has 1 saturated carbocycles. The highest BCUT2D eigenvalue weighted by atomic mass is 32.2. The van der Waals surface area contributed by atoms with E-state index in [0.29, 0.717) is 11.8 Å². The maximum absolute atomic E-state index is 11.6. The number of nitrogens with zero attached hydrogens (tertiary/aromatic N) is 4. The molecule has 96 valence electrons. The van der Waals surface area contributed by atoms with Gasteiger partial charge in [0.1, 0.15) is 5.01 Å². The summed E-state index contributed by atoms with van der Waals surface area (Å²) in [5.74, 6) is 0.677. The molecule has 0 amide bonds. The summed E-state index contributed by atoms with van der Waals surface area (Å²) in [4.78, 5) is 11.6. The van der Waals surface area contributed by atoms with Crippen LogP contribution in [0.3, 0.4) is 0 Å². The number of aromatic nitrogens is 5. The van der Waals surface area contributed by atoms with Gasteiger partial charge in [0.15, 0.2) is 5.16 Å². The molecule has 1 aliphatic carbocycles. The molecule has 9 heteroatoms. The van der Waals surface area contributed by atoms with Gasteiger partial charge < -0.3 is 5.32 Å². The molecular weight excluding hydrogens is 272 g/mol. The summed E-state index contributed by atoms with van der Waals surface area (Å²) in [7, 11) is 1.82. The van der Waals surface area contributed by atoms with E-state index in [1.54, 1.807) is 4.57 Å². The third-order valence-electron chi connectivity index (χ3n) is 2.59. The lowest BCUT2D eigenvalue weighted by molar-refractivity contribution is 0.642. The van der Waals surface area contributed by atoms with Crippen LogP contribution in [0.15, 0.2) is 9.95 Å². The van der Waals surface area contributed by atoms with Crippen molar-refractivity contribution in [2.45, 2.75) is 29.8 Å². The molecule has 0 aliphatic heterocycles. The van der Waals surface area contributed by atoms with E-state index >= 15 is 0 Å². The molecule has 0 spiro atoms. The SMILES string of the molecule is CNc1nnc(CSc2n[nH]c(=O)n2C2CC2)s1. The van der Waals surface area contributed by atoms with Crippen molar-refractivity contribution in [2.75, 3.05) is 12.4 Å². The Hall–Kier alpha value is -1.35. The average Bonchev–Trinajstić information content (AvgIpc) is 2.98. The minimum absolute atomic E-state index is 0.117. The predicted octanol–water partition coefficient (Wildman–Crippen LogP) is 1.09. The van der Waals surface area contributed by atoms with Crippen LogP contribution in [0.2, 0.25) is 0 Å². The van der Waals surface area contributed by atoms with Crippen LogP contribution >= 0.6 is 23.1 Å². The highest BCUT2D eigenvalue weighted by molar-refractivity contribution is 7.98. The lowest BCUT2D eigenvalue weighted by Gasteiger charge is -2.00. The van der Waals surface area contributed by atoms with Gasteiger partial charge in [0.25, 0.3) is 0 Å². The van der Waals surface area contributed by atoms with E-state index in [0.717, 1.165) is 28.1 Å². The third kappa shape index (κ3) is 2.27. The van der Waals surface area contributed by atoms with Crippen molar-refractivity contribution < 1.29 is 0 Å². The summed E-state index contributed by atoms with van der Waals surface area (Å²) in [5, 5.41) is 20.0. The monoisotopic (exact) mass is 284 g/mol. The van der Waals surface area contributed by atoms with Gasteiger partial charge in [0.2, 0.25) is 5.13 Å². The van der Waals surface area contributed by atoms with Gasteiger partial charge in [-0.3, -0.25) is 4.57 Å². The van der Waals surface area contributed by atoms with Gasteiger partial charge in [-0.15, -0.1) is 15.3 Å². The maximum atomic E-state index is 11.6. The van der Waals surface area contributed by atoms with Crippen LogP contribution in [0.25, 0.3) is 0 Å². The molecule has 2 heterocycles. The van der Waals surface area contributed by atoms with Gasteiger partial charge in [-0.1, -0.05) is 23.1 Å². The highest BCUT2D eigenvalue weighted by Gasteiger charge is 2.28. The van der Waals surface area contributed by atoms with Crippen LogP contribution in [0, 0.1) is 0 Å². The van der Waals surface area contributed by atoms with E-state index in [4.69, 9.17) is 0 Å². The number of nitrogens with one attached hydrogen (secondary N) is 2. The molecule has 2 N–H and O–H groups in total. The first-order valence-electron chi connectivity index (χ1n) is 5.58. The summed E-state index contributed by atoms with van der Waals surface area (Å²) < 4.78 is 1.74. The number of hydrogen-bond donors (Lipinski definition) is 2. The van der Waals surface area contributed by atoms with Crippen molar-refractivity contribution in [3.05, 3.63) is 15.5 Å². The lowest BCUT2D eigenvalue weighted by Crippen LogP contribution is -2.16. The largest absolute Gasteiger partial charge is 0.363 e. The van der Waals surface area contributed by atoms with Crippen LogP contribution in [-0.2, 0) is 5.75 Å². The van der Waals surface area contributed by atoms with E-state index in [2.05, 4.69) is 25.7 Å². The number of anilines is 1. The molecule has 3 rings (SSSR count). The van der Waals surface area contributed by atoms with Crippen LogP contribution in [0.4, 0.5) is 5.13 Å². The Labute approximate surface area is 111 Å². The highest BCUT2D eigenvalue weighted by Crippen LogP contribution is 2.36. The molecule has 0 atom stereocenters. The minimum atomic E-state index is -0.117. The number of hydrogen-bond acceptors (Lipinski definition) is 7. The Morgan fingerprint density at radius 3 is 3.06 bits per heavy atom. The van der Waals surface area contributed by atoms with Gasteiger partial charge >= 0.3 is 5.69 Å². The number of aromatic amines is 1. The van der Waals surface area contributed by atoms with Gasteiger partial charge in [0, 0.05) is 13.1 Å². The second-order valence-electron chi connectivity index (χ2n) is 3.95. The Morgan fingerprint density at radius 1 is 1.56 bits per heavy atom. The van der Waals surface area contributed by atoms with E-state index in [-0.39, 0.29) is 5.69 Å². The number of H-pyrrole nitrogens is 1. The summed E-state index contributed by atoms with van der Waals surface area (Å²) in [5.41, 5.74) is -0.117. The van der Waals surface area contributed by atoms with E-state index in [1.807, 2.05) is 7.05 Å². The molecular formula is C9H12N6OS2. The van der Waals surface area contributed by atoms with Crippen molar-refractivity contribution in [3.8, 4) is 0 Å². The summed E-state index contributed by atoms with van der Waals surface area (Å²) in [6.45, 7) is 0. The Morgan fingerprint density at radius 2 is 2.39 bits per heavy atom. The first kappa shape index (κ1) is 11.7. The Bertz CT molecular complexity index is 598. The normalized spacial score (nSPS) is 14.9. The standard InChI is InChI=1S/C9H12N6OS2/c1-10-7-12-11-6(18-7)4-17-9-14-13-8(16)15(9)5-2-3-5/h5H,2-4H2,1H3,(H,10,12)(H,13,16). The zero-order valence-electron chi connectivity index (χ0n) is 9.71. The van der Waals surface area contributed by atoms with E-state index < -0.39 is 0 Å². The molecule has 0 saturated heterocycles. The predicted molar refractivity (Wildman–Crippen MR) is 70.1 cm³/mol. The van der Waals surface area contributed by atoms with E-state index in [9.17, 15) is 4.79 Å². The molecule has 0 radical (unpaired) electrons. The third-order valence-corrected chi connectivity index (χ3v) is 4.68. The summed E-state index contributed by atoms with van der Waals surface area (Å²) in [6.07, 6.45) is 2.13. The summed E-state index contributed by atoms with van der Waals surface area (Å²) in [6, 6.07) is 0.334. The second kappa shape index (κ2) is 4.73. The lowest BCUT2D eigenvalue weighted by atomic mass is 10.7. The van der Waals surface area contributed by atoms with Crippen molar-refractivity contribution in [1.29, 1.82) is 0 Å². The van der Waals surface area contributed by atoms with Crippen LogP contribution in [0.5, 0.6) is 0 Å². The van der Waals surface area contributed by atoms with Crippen molar-refractivity contribution in [1.82, 2.24) is 25.0 Å². The number of thioether (sulfide) groups is 1. The topological polar surface area (TPSA) is 88.5 Å². The summed E-state index contributed by atoms with van der Waals surface area (Å²) >= 11 is 3.02. The molecule has 0 bridgehead atoms. The molecule has 7 nitrogen and oxygen atoms in total. The average molecular weight is 284 g/mol. The zero-order chi connectivity index (χ0) is 12.5. The fourth-order valence-electron chi connectivity index (χ4n) is 1.59. The molecule has 2 aromatic heterocycles. The van der Waals surface area contributed by atoms with Crippen molar-refractivity contribution in [3.63, 3.8) is 0 Å². The molecule has 0 unspecified atom stereocenters. The van der Waals surface area contributed by atoms with Gasteiger partial charge in [-0.25, -0.2) is 9.89 Å². The van der Waals surface area contributed by atoms with Gasteiger partial charge in [0.05, 0.1) is 5.75 Å². The minimum Gasteiger partial charge on any atom is -0.363 e. The molecule has 1 fully saturated rings. The second-order valence-corrected chi connectivity index (χ2v) is 5.96. The molecule has 0 aromatic carbocycles. The van der Waals surface area contributed by atoms with E-state index in [1.165, 1.54) is 23.1 Å². The van der Waals surface area contributed by atoms with Gasteiger partial charge in [-0.2, -0.15) is 0 Å². The fraction of sp³-hybridized carbons (Fsp3) is 0.556. The zero-order valence-corrected chi connectivity index (χ0v) is 11.3. The van der Waals surface area contributed by atoms with Crippen molar-refractivity contribution in [2.24, 2.45) is 0 Å².